The number of ether oxygens (including phenoxy) is 1. The number of methoxy groups -OCH3 is 1. The monoisotopic (exact) mass is 367 g/mol. The molecule has 1 fully saturated rings. The van der Waals surface area contributed by atoms with E-state index in [0.29, 0.717) is 6.04 Å². The Labute approximate surface area is 161 Å². The molecule has 0 radical (unpaired) electrons. The van der Waals surface area contributed by atoms with Crippen molar-refractivity contribution in [3.63, 3.8) is 0 Å². The second-order valence-electron chi connectivity index (χ2n) is 7.47. The summed E-state index contributed by atoms with van der Waals surface area (Å²) in [4.78, 5) is 23.5. The molecular formula is C22H29N3O2. The fraction of sp³-hybridized carbons (Fsp3) is 0.500. The van der Waals surface area contributed by atoms with E-state index in [9.17, 15) is 4.79 Å². The van der Waals surface area contributed by atoms with Gasteiger partial charge in [-0.1, -0.05) is 12.1 Å². The lowest BCUT2D eigenvalue weighted by molar-refractivity contribution is -0.147. The molecule has 0 unspecified atom stereocenters. The second-order valence-corrected chi connectivity index (χ2v) is 7.47. The van der Waals surface area contributed by atoms with Crippen molar-refractivity contribution in [3.05, 3.63) is 59.2 Å². The maximum atomic E-state index is 11.9. The minimum atomic E-state index is -0.0684. The Bertz CT molecular complexity index is 722. The molecule has 2 heterocycles. The van der Waals surface area contributed by atoms with Gasteiger partial charge in [0.25, 0.3) is 0 Å². The molecule has 2 aromatic heterocycles. The van der Waals surface area contributed by atoms with Crippen molar-refractivity contribution in [3.8, 4) is 0 Å². The van der Waals surface area contributed by atoms with Crippen LogP contribution in [0.5, 0.6) is 0 Å². The largest absolute Gasteiger partial charge is 0.469 e. The molecule has 0 N–H and O–H groups in total. The van der Waals surface area contributed by atoms with Gasteiger partial charge in [0.15, 0.2) is 0 Å². The van der Waals surface area contributed by atoms with Crippen molar-refractivity contribution >= 4 is 5.97 Å². The third-order valence-electron chi connectivity index (χ3n) is 5.69. The number of carbonyl (C=O) groups is 1. The van der Waals surface area contributed by atoms with Crippen LogP contribution in [0.25, 0.3) is 0 Å². The van der Waals surface area contributed by atoms with Crippen LogP contribution in [0.3, 0.4) is 0 Å². The van der Waals surface area contributed by atoms with Crippen molar-refractivity contribution in [1.29, 1.82) is 0 Å². The van der Waals surface area contributed by atoms with Crippen LogP contribution in [-0.2, 0) is 22.6 Å². The standard InChI is InChI=1S/C22H29N3O2/c1-16-6-4-12-23-20(16)14-25(15-21-17(2)7-5-13-24-21)19-10-8-18(9-11-19)22(26)27-3/h4-7,12-13,18-19H,8-11,14-15H2,1-3H3. The van der Waals surface area contributed by atoms with Crippen LogP contribution in [0.15, 0.2) is 36.7 Å². The van der Waals surface area contributed by atoms with Gasteiger partial charge in [0.1, 0.15) is 0 Å². The third-order valence-corrected chi connectivity index (χ3v) is 5.69. The van der Waals surface area contributed by atoms with E-state index in [-0.39, 0.29) is 11.9 Å². The maximum Gasteiger partial charge on any atom is 0.308 e. The van der Waals surface area contributed by atoms with Crippen LogP contribution in [0.4, 0.5) is 0 Å². The SMILES string of the molecule is COC(=O)C1CCC(N(Cc2ncccc2C)Cc2ncccc2C)CC1. The first-order chi connectivity index (χ1) is 13.1. The second kappa shape index (κ2) is 9.09. The van der Waals surface area contributed by atoms with Crippen molar-refractivity contribution < 1.29 is 9.53 Å². The lowest BCUT2D eigenvalue weighted by Crippen LogP contribution is -2.39. The Morgan fingerprint density at radius 2 is 1.52 bits per heavy atom. The quantitative estimate of drug-likeness (QED) is 0.727. The van der Waals surface area contributed by atoms with E-state index in [4.69, 9.17) is 4.74 Å². The molecule has 1 aliphatic rings. The first-order valence-electron chi connectivity index (χ1n) is 9.71. The summed E-state index contributed by atoms with van der Waals surface area (Å²) in [5, 5.41) is 0. The molecule has 1 aliphatic carbocycles. The molecule has 3 rings (SSSR count). The van der Waals surface area contributed by atoms with Crippen LogP contribution in [0, 0.1) is 19.8 Å². The highest BCUT2D eigenvalue weighted by Crippen LogP contribution is 2.30. The van der Waals surface area contributed by atoms with E-state index < -0.39 is 0 Å². The van der Waals surface area contributed by atoms with Gasteiger partial charge in [-0.25, -0.2) is 0 Å². The Morgan fingerprint density at radius 1 is 1.00 bits per heavy atom. The van der Waals surface area contributed by atoms with Gasteiger partial charge in [-0.2, -0.15) is 0 Å². The topological polar surface area (TPSA) is 55.3 Å². The van der Waals surface area contributed by atoms with Gasteiger partial charge in [0.2, 0.25) is 0 Å². The van der Waals surface area contributed by atoms with Gasteiger partial charge in [-0.3, -0.25) is 19.7 Å². The summed E-state index contributed by atoms with van der Waals surface area (Å²) in [6.45, 7) is 5.83. The van der Waals surface area contributed by atoms with Gasteiger partial charge in [-0.15, -0.1) is 0 Å². The van der Waals surface area contributed by atoms with Crippen LogP contribution in [0.1, 0.15) is 48.2 Å². The number of rotatable bonds is 6. The molecule has 27 heavy (non-hydrogen) atoms. The van der Waals surface area contributed by atoms with Crippen molar-refractivity contribution in [2.24, 2.45) is 5.92 Å². The summed E-state index contributed by atoms with van der Waals surface area (Å²) in [7, 11) is 1.48. The molecular weight excluding hydrogens is 338 g/mol. The summed E-state index contributed by atoms with van der Waals surface area (Å²) < 4.78 is 4.94. The average molecular weight is 367 g/mol. The minimum absolute atomic E-state index is 0.0428. The number of carbonyl (C=O) groups excluding carboxylic acids is 1. The molecule has 0 amide bonds. The van der Waals surface area contributed by atoms with E-state index in [1.54, 1.807) is 0 Å². The van der Waals surface area contributed by atoms with Gasteiger partial charge in [-0.05, 0) is 62.8 Å². The highest BCUT2D eigenvalue weighted by molar-refractivity contribution is 5.72. The van der Waals surface area contributed by atoms with Gasteiger partial charge < -0.3 is 4.74 Å². The number of aromatic nitrogens is 2. The van der Waals surface area contributed by atoms with Gasteiger partial charge in [0, 0.05) is 31.5 Å². The first kappa shape index (κ1) is 19.5. The average Bonchev–Trinajstić information content (AvgIpc) is 2.70. The molecule has 0 bridgehead atoms. The normalized spacial score (nSPS) is 19.9. The van der Waals surface area contributed by atoms with E-state index in [2.05, 4.69) is 40.8 Å². The van der Waals surface area contributed by atoms with Crippen LogP contribution >= 0.6 is 0 Å². The molecule has 144 valence electrons. The molecule has 0 spiro atoms. The molecule has 0 atom stereocenters. The van der Waals surface area contributed by atoms with Crippen molar-refractivity contribution in [2.75, 3.05) is 7.11 Å². The highest BCUT2D eigenvalue weighted by Gasteiger charge is 2.30. The zero-order chi connectivity index (χ0) is 19.2. The molecule has 5 heteroatoms. The fourth-order valence-electron chi connectivity index (χ4n) is 3.91. The molecule has 1 saturated carbocycles. The Balaban J connectivity index is 1.77. The summed E-state index contributed by atoms with van der Waals surface area (Å²) in [5.41, 5.74) is 4.65. The Hall–Kier alpha value is -2.27. The zero-order valence-electron chi connectivity index (χ0n) is 16.5. The molecule has 2 aromatic rings. The van der Waals surface area contributed by atoms with E-state index >= 15 is 0 Å². The first-order valence-corrected chi connectivity index (χ1v) is 9.71. The fourth-order valence-corrected chi connectivity index (χ4v) is 3.91. The number of nitrogens with zero attached hydrogens (tertiary/aromatic N) is 3. The minimum Gasteiger partial charge on any atom is -0.469 e. The Kier molecular flexibility index (Phi) is 6.56. The summed E-state index contributed by atoms with van der Waals surface area (Å²) >= 11 is 0. The number of pyridine rings is 2. The van der Waals surface area contributed by atoms with Crippen LogP contribution in [-0.4, -0.2) is 34.0 Å². The lowest BCUT2D eigenvalue weighted by atomic mass is 9.85. The van der Waals surface area contributed by atoms with Crippen LogP contribution in [0.2, 0.25) is 0 Å². The van der Waals surface area contributed by atoms with Gasteiger partial charge in [0.05, 0.1) is 24.4 Å². The lowest BCUT2D eigenvalue weighted by Gasteiger charge is -2.36. The van der Waals surface area contributed by atoms with E-state index in [0.717, 1.165) is 50.2 Å². The predicted octanol–water partition coefficient (Wildman–Crippen LogP) is 3.83. The summed E-state index contributed by atoms with van der Waals surface area (Å²) in [5.74, 6) is -0.0255. The summed E-state index contributed by atoms with van der Waals surface area (Å²) in [6.07, 6.45) is 7.49. The molecule has 0 aromatic carbocycles. The van der Waals surface area contributed by atoms with E-state index in [1.165, 1.54) is 18.2 Å². The van der Waals surface area contributed by atoms with E-state index in [1.807, 2.05) is 24.5 Å². The Morgan fingerprint density at radius 3 is 1.96 bits per heavy atom. The highest BCUT2D eigenvalue weighted by atomic mass is 16.5. The number of hydrogen-bond donors (Lipinski definition) is 0. The van der Waals surface area contributed by atoms with Gasteiger partial charge >= 0.3 is 5.97 Å². The summed E-state index contributed by atoms with van der Waals surface area (Å²) in [6, 6.07) is 8.61. The third kappa shape index (κ3) is 4.92. The smallest absolute Gasteiger partial charge is 0.308 e. The zero-order valence-corrected chi connectivity index (χ0v) is 16.5. The number of aryl methyl sites for hydroxylation is 2. The number of hydrogen-bond acceptors (Lipinski definition) is 5. The van der Waals surface area contributed by atoms with Crippen LogP contribution < -0.4 is 0 Å². The van der Waals surface area contributed by atoms with Crippen molar-refractivity contribution in [1.82, 2.24) is 14.9 Å². The maximum absolute atomic E-state index is 11.9. The molecule has 0 saturated heterocycles. The molecule has 5 nitrogen and oxygen atoms in total. The molecule has 0 aliphatic heterocycles. The number of esters is 1. The van der Waals surface area contributed by atoms with Crippen molar-refractivity contribution in [2.45, 2.75) is 58.7 Å². The predicted molar refractivity (Wildman–Crippen MR) is 105 cm³/mol.